The van der Waals surface area contributed by atoms with Gasteiger partial charge in [-0.3, -0.25) is 9.59 Å². The summed E-state index contributed by atoms with van der Waals surface area (Å²) in [5.41, 5.74) is 1.37. The minimum atomic E-state index is -0.733. The van der Waals surface area contributed by atoms with E-state index in [4.69, 9.17) is 4.74 Å². The number of hydrogen-bond acceptors (Lipinski definition) is 4. The molecule has 1 saturated heterocycles. The molecule has 164 valence electrons. The van der Waals surface area contributed by atoms with Gasteiger partial charge in [0.05, 0.1) is 17.7 Å². The zero-order valence-corrected chi connectivity index (χ0v) is 18.3. The number of unbranched alkanes of at least 4 members (excludes halogenated alkanes) is 1. The average molecular weight is 426 g/mol. The molecule has 3 rings (SSSR count). The first kappa shape index (κ1) is 22.5. The highest BCUT2D eigenvalue weighted by Crippen LogP contribution is 2.40. The van der Waals surface area contributed by atoms with Crippen LogP contribution in [0, 0.1) is 12.7 Å². The fraction of sp³-hybridized carbons (Fsp3) is 0.360. The molecule has 0 bridgehead atoms. The van der Waals surface area contributed by atoms with Crippen LogP contribution in [0.2, 0.25) is 0 Å². The number of aliphatic hydroxyl groups is 1. The number of amides is 1. The van der Waals surface area contributed by atoms with E-state index in [1.54, 1.807) is 31.2 Å². The molecule has 1 N–H and O–H groups in total. The minimum Gasteiger partial charge on any atom is -0.507 e. The van der Waals surface area contributed by atoms with Gasteiger partial charge in [-0.15, -0.1) is 0 Å². The summed E-state index contributed by atoms with van der Waals surface area (Å²) in [7, 11) is 0. The fourth-order valence-corrected chi connectivity index (χ4v) is 3.73. The normalized spacial score (nSPS) is 18.1. The van der Waals surface area contributed by atoms with Crippen LogP contribution in [0.3, 0.4) is 0 Å². The van der Waals surface area contributed by atoms with E-state index in [2.05, 4.69) is 0 Å². The quantitative estimate of drug-likeness (QED) is 0.379. The first-order valence-corrected chi connectivity index (χ1v) is 10.6. The van der Waals surface area contributed by atoms with Crippen LogP contribution in [0.1, 0.15) is 56.3 Å². The summed E-state index contributed by atoms with van der Waals surface area (Å²) in [6, 6.07) is 10.6. The van der Waals surface area contributed by atoms with Crippen LogP contribution in [0.5, 0.6) is 5.75 Å². The van der Waals surface area contributed by atoms with Gasteiger partial charge in [0.1, 0.15) is 17.3 Å². The Morgan fingerprint density at radius 1 is 1.16 bits per heavy atom. The third kappa shape index (κ3) is 4.63. The van der Waals surface area contributed by atoms with Crippen LogP contribution in [-0.2, 0) is 9.59 Å². The monoisotopic (exact) mass is 425 g/mol. The highest BCUT2D eigenvalue weighted by atomic mass is 19.1. The van der Waals surface area contributed by atoms with Crippen molar-refractivity contribution in [3.05, 3.63) is 70.5 Å². The van der Waals surface area contributed by atoms with Gasteiger partial charge < -0.3 is 14.7 Å². The third-order valence-corrected chi connectivity index (χ3v) is 5.29. The van der Waals surface area contributed by atoms with E-state index >= 15 is 0 Å². The summed E-state index contributed by atoms with van der Waals surface area (Å²) in [4.78, 5) is 27.3. The molecule has 1 heterocycles. The van der Waals surface area contributed by atoms with Gasteiger partial charge in [0.2, 0.25) is 0 Å². The number of benzene rings is 2. The Morgan fingerprint density at radius 3 is 2.42 bits per heavy atom. The molecule has 31 heavy (non-hydrogen) atoms. The van der Waals surface area contributed by atoms with Crippen LogP contribution in [-0.4, -0.2) is 34.3 Å². The molecule has 6 heteroatoms. The van der Waals surface area contributed by atoms with Crippen molar-refractivity contribution in [2.24, 2.45) is 0 Å². The largest absolute Gasteiger partial charge is 0.507 e. The number of Topliss-reactive ketones (excluding diaryl/α,β-unsaturated/α-hetero) is 1. The van der Waals surface area contributed by atoms with Gasteiger partial charge in [-0.1, -0.05) is 25.5 Å². The number of likely N-dealkylation sites (tertiary alicyclic amines) is 1. The molecule has 2 aromatic rings. The summed E-state index contributed by atoms with van der Waals surface area (Å²) in [5.74, 6) is -1.40. The van der Waals surface area contributed by atoms with Crippen molar-refractivity contribution in [2.75, 3.05) is 6.54 Å². The van der Waals surface area contributed by atoms with Crippen LogP contribution in [0.25, 0.3) is 5.76 Å². The number of ether oxygens (including phenoxy) is 1. The summed E-state index contributed by atoms with van der Waals surface area (Å²) in [6.07, 6.45) is 1.60. The number of aryl methyl sites for hydroxylation is 1. The van der Waals surface area contributed by atoms with Crippen molar-refractivity contribution in [3.63, 3.8) is 0 Å². The van der Waals surface area contributed by atoms with Crippen molar-refractivity contribution in [2.45, 2.75) is 52.7 Å². The van der Waals surface area contributed by atoms with E-state index in [1.807, 2.05) is 20.8 Å². The van der Waals surface area contributed by atoms with Crippen molar-refractivity contribution in [1.29, 1.82) is 0 Å². The fourth-order valence-electron chi connectivity index (χ4n) is 3.73. The van der Waals surface area contributed by atoms with Crippen LogP contribution < -0.4 is 4.74 Å². The molecule has 1 fully saturated rings. The second-order valence-electron chi connectivity index (χ2n) is 8.05. The number of hydrogen-bond donors (Lipinski definition) is 1. The molecular formula is C25H28FNO4. The smallest absolute Gasteiger partial charge is 0.295 e. The zero-order chi connectivity index (χ0) is 22.7. The summed E-state index contributed by atoms with van der Waals surface area (Å²) in [6.45, 7) is 7.84. The predicted molar refractivity (Wildman–Crippen MR) is 117 cm³/mol. The first-order valence-electron chi connectivity index (χ1n) is 10.6. The Morgan fingerprint density at radius 2 is 1.84 bits per heavy atom. The molecule has 0 saturated carbocycles. The van der Waals surface area contributed by atoms with Gasteiger partial charge in [0.25, 0.3) is 11.7 Å². The second kappa shape index (κ2) is 9.33. The highest BCUT2D eigenvalue weighted by Gasteiger charge is 2.45. The molecule has 1 amide bonds. The standard InChI is InChI=1S/C25H28FNO4/c1-5-6-13-27-22(17-7-10-19(11-8-17)31-15(2)3)21(24(29)25(27)30)23(28)18-9-12-20(26)16(4)14-18/h7-12,14-15,22,28H,5-6,13H2,1-4H3/b23-21-. The van der Waals surface area contributed by atoms with E-state index in [-0.39, 0.29) is 17.4 Å². The Hall–Kier alpha value is -3.15. The lowest BCUT2D eigenvalue weighted by Crippen LogP contribution is -2.30. The van der Waals surface area contributed by atoms with E-state index in [0.717, 1.165) is 12.8 Å². The third-order valence-electron chi connectivity index (χ3n) is 5.29. The number of rotatable bonds is 7. The Labute approximate surface area is 182 Å². The van der Waals surface area contributed by atoms with E-state index in [9.17, 15) is 19.1 Å². The number of carbonyl (C=O) groups is 2. The Bertz CT molecular complexity index is 1010. The van der Waals surface area contributed by atoms with Gasteiger partial charge in [0, 0.05) is 12.1 Å². The lowest BCUT2D eigenvalue weighted by molar-refractivity contribution is -0.139. The topological polar surface area (TPSA) is 66.8 Å². The summed E-state index contributed by atoms with van der Waals surface area (Å²) < 4.78 is 19.4. The van der Waals surface area contributed by atoms with Gasteiger partial charge in [-0.2, -0.15) is 0 Å². The molecule has 0 radical (unpaired) electrons. The van der Waals surface area contributed by atoms with Crippen molar-refractivity contribution in [1.82, 2.24) is 4.90 Å². The van der Waals surface area contributed by atoms with Gasteiger partial charge in [-0.05, 0) is 68.7 Å². The van der Waals surface area contributed by atoms with Crippen molar-refractivity contribution in [3.8, 4) is 5.75 Å². The number of halogens is 1. The van der Waals surface area contributed by atoms with E-state index in [1.165, 1.54) is 23.1 Å². The lowest BCUT2D eigenvalue weighted by atomic mass is 9.94. The molecule has 0 spiro atoms. The molecule has 0 aromatic heterocycles. The van der Waals surface area contributed by atoms with Gasteiger partial charge >= 0.3 is 0 Å². The second-order valence-corrected chi connectivity index (χ2v) is 8.05. The maximum absolute atomic E-state index is 13.7. The van der Waals surface area contributed by atoms with Crippen LogP contribution in [0.4, 0.5) is 4.39 Å². The van der Waals surface area contributed by atoms with Crippen LogP contribution in [0.15, 0.2) is 48.0 Å². The maximum atomic E-state index is 13.7. The summed E-state index contributed by atoms with van der Waals surface area (Å²) in [5, 5.41) is 11.0. The number of ketones is 1. The summed E-state index contributed by atoms with van der Waals surface area (Å²) >= 11 is 0. The molecule has 2 aromatic carbocycles. The molecule has 1 aliphatic heterocycles. The van der Waals surface area contributed by atoms with E-state index < -0.39 is 23.5 Å². The molecule has 1 atom stereocenters. The first-order chi connectivity index (χ1) is 14.7. The zero-order valence-electron chi connectivity index (χ0n) is 18.3. The number of carbonyl (C=O) groups excluding carboxylic acids is 2. The number of aliphatic hydroxyl groups excluding tert-OH is 1. The van der Waals surface area contributed by atoms with Gasteiger partial charge in [0.15, 0.2) is 0 Å². The van der Waals surface area contributed by atoms with Gasteiger partial charge in [-0.25, -0.2) is 4.39 Å². The average Bonchev–Trinajstić information content (AvgIpc) is 2.98. The van der Waals surface area contributed by atoms with Crippen LogP contribution >= 0.6 is 0 Å². The Balaban J connectivity index is 2.11. The molecule has 5 nitrogen and oxygen atoms in total. The molecule has 1 unspecified atom stereocenters. The predicted octanol–water partition coefficient (Wildman–Crippen LogP) is 5.14. The molecular weight excluding hydrogens is 397 g/mol. The Kier molecular flexibility index (Phi) is 6.78. The number of nitrogens with zero attached hydrogens (tertiary/aromatic N) is 1. The maximum Gasteiger partial charge on any atom is 0.295 e. The SMILES string of the molecule is CCCCN1C(=O)C(=O)/C(=C(\O)c2ccc(F)c(C)c2)C1c1ccc(OC(C)C)cc1. The van der Waals surface area contributed by atoms with Crippen molar-refractivity contribution < 1.29 is 23.8 Å². The molecule has 1 aliphatic rings. The minimum absolute atomic E-state index is 0.0164. The molecule has 0 aliphatic carbocycles. The highest BCUT2D eigenvalue weighted by molar-refractivity contribution is 6.46. The lowest BCUT2D eigenvalue weighted by Gasteiger charge is -2.25. The van der Waals surface area contributed by atoms with Crippen molar-refractivity contribution >= 4 is 17.4 Å². The van der Waals surface area contributed by atoms with E-state index in [0.29, 0.717) is 29.0 Å².